The van der Waals surface area contributed by atoms with Crippen molar-refractivity contribution in [1.82, 2.24) is 25.0 Å². The minimum absolute atomic E-state index is 0.0280. The summed E-state index contributed by atoms with van der Waals surface area (Å²) in [6.07, 6.45) is 1.96. The number of aromatic nitrogens is 3. The number of amides is 2. The van der Waals surface area contributed by atoms with Gasteiger partial charge in [-0.15, -0.1) is 10.2 Å². The number of halogens is 2. The third-order valence-corrected chi connectivity index (χ3v) is 6.64. The van der Waals surface area contributed by atoms with Gasteiger partial charge in [0.15, 0.2) is 11.5 Å². The summed E-state index contributed by atoms with van der Waals surface area (Å²) in [5, 5.41) is 12.2. The fourth-order valence-corrected chi connectivity index (χ4v) is 4.62. The van der Waals surface area contributed by atoms with E-state index in [9.17, 15) is 9.59 Å². The Kier molecular flexibility index (Phi) is 7.16. The largest absolute Gasteiger partial charge is 0.364 e. The number of nitrogens with zero attached hydrogens (tertiary/aromatic N) is 6. The van der Waals surface area contributed by atoms with Crippen LogP contribution in [-0.4, -0.2) is 82.6 Å². The molecular formula is C21H26Cl2N8O2. The molecule has 10 nitrogen and oxygen atoms in total. The Morgan fingerprint density at radius 1 is 1.15 bits per heavy atom. The lowest BCUT2D eigenvalue weighted by Crippen LogP contribution is -2.53. The van der Waals surface area contributed by atoms with Crippen LogP contribution in [0.15, 0.2) is 18.2 Å². The minimum atomic E-state index is -0.734. The summed E-state index contributed by atoms with van der Waals surface area (Å²) in [5.41, 5.74) is 6.18. The number of nitrogens with one attached hydrogen (secondary N) is 1. The van der Waals surface area contributed by atoms with Crippen molar-refractivity contribution >= 4 is 46.8 Å². The van der Waals surface area contributed by atoms with Crippen molar-refractivity contribution in [2.45, 2.75) is 25.4 Å². The molecule has 2 aliphatic heterocycles. The number of piperazine rings is 1. The number of anilines is 2. The van der Waals surface area contributed by atoms with Crippen LogP contribution < -0.4 is 16.0 Å². The zero-order valence-electron chi connectivity index (χ0n) is 18.3. The van der Waals surface area contributed by atoms with E-state index in [0.29, 0.717) is 48.7 Å². The molecule has 2 fully saturated rings. The second-order valence-electron chi connectivity index (χ2n) is 8.21. The summed E-state index contributed by atoms with van der Waals surface area (Å²) in [6.45, 7) is 3.55. The molecule has 3 heterocycles. The van der Waals surface area contributed by atoms with Crippen LogP contribution in [-0.2, 0) is 11.3 Å². The first-order valence-corrected chi connectivity index (χ1v) is 11.6. The molecule has 4 rings (SSSR count). The highest BCUT2D eigenvalue weighted by molar-refractivity contribution is 6.35. The van der Waals surface area contributed by atoms with E-state index < -0.39 is 5.91 Å². The summed E-state index contributed by atoms with van der Waals surface area (Å²) in [6, 6.07) is 5.13. The highest BCUT2D eigenvalue weighted by Crippen LogP contribution is 2.23. The fourth-order valence-electron chi connectivity index (χ4n) is 4.14. The Labute approximate surface area is 202 Å². The quantitative estimate of drug-likeness (QED) is 0.623. The van der Waals surface area contributed by atoms with Crippen LogP contribution in [0.4, 0.5) is 11.8 Å². The molecule has 0 spiro atoms. The first-order valence-electron chi connectivity index (χ1n) is 10.8. The van der Waals surface area contributed by atoms with Crippen molar-refractivity contribution in [2.75, 3.05) is 50.0 Å². The van der Waals surface area contributed by atoms with Crippen molar-refractivity contribution in [3.8, 4) is 0 Å². The van der Waals surface area contributed by atoms with Gasteiger partial charge in [-0.05, 0) is 44.1 Å². The normalized spacial score (nSPS) is 19.1. The van der Waals surface area contributed by atoms with Crippen molar-refractivity contribution in [1.29, 1.82) is 0 Å². The van der Waals surface area contributed by atoms with Gasteiger partial charge in [-0.2, -0.15) is 4.98 Å². The van der Waals surface area contributed by atoms with E-state index in [1.54, 1.807) is 18.2 Å². The Morgan fingerprint density at radius 2 is 1.91 bits per heavy atom. The molecule has 33 heavy (non-hydrogen) atoms. The van der Waals surface area contributed by atoms with Gasteiger partial charge in [-0.3, -0.25) is 14.5 Å². The molecule has 0 aliphatic carbocycles. The molecule has 2 aromatic rings. The van der Waals surface area contributed by atoms with Crippen LogP contribution in [0.1, 0.15) is 28.9 Å². The highest BCUT2D eigenvalue weighted by Gasteiger charge is 2.33. The van der Waals surface area contributed by atoms with Gasteiger partial charge in [0.25, 0.3) is 5.91 Å². The number of carbonyl (C=O) groups is 2. The van der Waals surface area contributed by atoms with E-state index in [0.717, 1.165) is 24.9 Å². The number of benzene rings is 1. The SMILES string of the molecule is CN1CCCC1C(=O)N1CCN(c2nnc(C(N)=O)c(NCc3ccc(Cl)cc3Cl)n2)CC1. The molecule has 2 aliphatic rings. The van der Waals surface area contributed by atoms with Crippen molar-refractivity contribution in [2.24, 2.45) is 5.73 Å². The summed E-state index contributed by atoms with van der Waals surface area (Å²) in [7, 11) is 2.00. The molecule has 1 atom stereocenters. The number of likely N-dealkylation sites (N-methyl/N-ethyl adjacent to an activating group) is 1. The maximum atomic E-state index is 12.8. The lowest BCUT2D eigenvalue weighted by molar-refractivity contribution is -0.135. The molecule has 176 valence electrons. The van der Waals surface area contributed by atoms with Gasteiger partial charge in [0.1, 0.15) is 0 Å². The Balaban J connectivity index is 1.44. The van der Waals surface area contributed by atoms with Crippen LogP contribution in [0, 0.1) is 0 Å². The Morgan fingerprint density at radius 3 is 2.55 bits per heavy atom. The summed E-state index contributed by atoms with van der Waals surface area (Å²) < 4.78 is 0. The zero-order chi connectivity index (χ0) is 23.5. The van der Waals surface area contributed by atoms with Crippen molar-refractivity contribution < 1.29 is 9.59 Å². The van der Waals surface area contributed by atoms with E-state index in [4.69, 9.17) is 28.9 Å². The van der Waals surface area contributed by atoms with E-state index in [1.165, 1.54) is 0 Å². The van der Waals surface area contributed by atoms with Crippen LogP contribution in [0.2, 0.25) is 10.0 Å². The number of likely N-dealkylation sites (tertiary alicyclic amines) is 1. The van der Waals surface area contributed by atoms with Gasteiger partial charge in [-0.1, -0.05) is 29.3 Å². The number of hydrogen-bond acceptors (Lipinski definition) is 8. The van der Waals surface area contributed by atoms with Gasteiger partial charge in [-0.25, -0.2) is 0 Å². The molecule has 1 unspecified atom stereocenters. The standard InChI is InChI=1S/C21H26Cl2N8O2/c1-29-6-2-3-16(29)20(33)30-7-9-31(10-8-30)21-26-19(17(18(24)32)27-28-21)25-12-13-4-5-14(22)11-15(13)23/h4-5,11,16H,2-3,6-10,12H2,1H3,(H2,24,32)(H,25,26,28). The van der Waals surface area contributed by atoms with Gasteiger partial charge in [0.05, 0.1) is 6.04 Å². The maximum Gasteiger partial charge on any atom is 0.273 e. The molecule has 12 heteroatoms. The maximum absolute atomic E-state index is 12.8. The minimum Gasteiger partial charge on any atom is -0.364 e. The van der Waals surface area contributed by atoms with E-state index in [-0.39, 0.29) is 23.5 Å². The molecule has 0 bridgehead atoms. The number of carbonyl (C=O) groups excluding carboxylic acids is 2. The molecule has 1 aromatic carbocycles. The zero-order valence-corrected chi connectivity index (χ0v) is 19.8. The second kappa shape index (κ2) is 10.1. The lowest BCUT2D eigenvalue weighted by Gasteiger charge is -2.36. The summed E-state index contributed by atoms with van der Waals surface area (Å²) in [4.78, 5) is 35.1. The molecule has 2 amide bonds. The van der Waals surface area contributed by atoms with Gasteiger partial charge in [0, 0.05) is 42.8 Å². The summed E-state index contributed by atoms with van der Waals surface area (Å²) in [5.74, 6) is 0.0433. The Bertz CT molecular complexity index is 1040. The molecule has 3 N–H and O–H groups in total. The average Bonchev–Trinajstić information content (AvgIpc) is 3.23. The highest BCUT2D eigenvalue weighted by atomic mass is 35.5. The number of primary amides is 1. The van der Waals surface area contributed by atoms with Gasteiger partial charge in [0.2, 0.25) is 11.9 Å². The second-order valence-corrected chi connectivity index (χ2v) is 9.06. The molecule has 1 aromatic heterocycles. The topological polar surface area (TPSA) is 121 Å². The average molecular weight is 493 g/mol. The molecular weight excluding hydrogens is 467 g/mol. The lowest BCUT2D eigenvalue weighted by atomic mass is 10.2. The van der Waals surface area contributed by atoms with Crippen LogP contribution in [0.3, 0.4) is 0 Å². The predicted octanol–water partition coefficient (Wildman–Crippen LogP) is 1.63. The first-order chi connectivity index (χ1) is 15.8. The van der Waals surface area contributed by atoms with Gasteiger partial charge < -0.3 is 20.9 Å². The van der Waals surface area contributed by atoms with Crippen molar-refractivity contribution in [3.05, 3.63) is 39.5 Å². The summed E-state index contributed by atoms with van der Waals surface area (Å²) >= 11 is 12.2. The van der Waals surface area contributed by atoms with E-state index >= 15 is 0 Å². The molecule has 2 saturated heterocycles. The van der Waals surface area contributed by atoms with Crippen molar-refractivity contribution in [3.63, 3.8) is 0 Å². The number of nitrogens with two attached hydrogens (primary N) is 1. The monoisotopic (exact) mass is 492 g/mol. The number of rotatable bonds is 6. The molecule has 0 saturated carbocycles. The number of hydrogen-bond donors (Lipinski definition) is 2. The van der Waals surface area contributed by atoms with E-state index in [1.807, 2.05) is 16.8 Å². The van der Waals surface area contributed by atoms with E-state index in [2.05, 4.69) is 25.4 Å². The first kappa shape index (κ1) is 23.5. The third kappa shape index (κ3) is 5.29. The fraction of sp³-hybridized carbons (Fsp3) is 0.476. The van der Waals surface area contributed by atoms with Gasteiger partial charge >= 0.3 is 0 Å². The Hall–Kier alpha value is -2.69. The van der Waals surface area contributed by atoms with Crippen LogP contribution in [0.5, 0.6) is 0 Å². The smallest absolute Gasteiger partial charge is 0.273 e. The predicted molar refractivity (Wildman–Crippen MR) is 127 cm³/mol. The third-order valence-electron chi connectivity index (χ3n) is 6.05. The molecule has 0 radical (unpaired) electrons. The van der Waals surface area contributed by atoms with Crippen LogP contribution in [0.25, 0.3) is 0 Å². The van der Waals surface area contributed by atoms with Crippen LogP contribution >= 0.6 is 23.2 Å².